The molecule has 5 aromatic rings. The average Bonchev–Trinajstić information content (AvgIpc) is 3.64. The van der Waals surface area contributed by atoms with Gasteiger partial charge in [-0.1, -0.05) is 91.3 Å². The molecule has 0 radical (unpaired) electrons. The van der Waals surface area contributed by atoms with Crippen molar-refractivity contribution in [3.8, 4) is 11.1 Å². The van der Waals surface area contributed by atoms with Crippen LogP contribution in [0.15, 0.2) is 109 Å². The molecule has 0 spiro atoms. The van der Waals surface area contributed by atoms with Crippen LogP contribution in [0.1, 0.15) is 61.6 Å². The molecule has 4 aromatic carbocycles. The van der Waals surface area contributed by atoms with Gasteiger partial charge >= 0.3 is 6.18 Å². The summed E-state index contributed by atoms with van der Waals surface area (Å²) in [6.45, 7) is 2.30. The van der Waals surface area contributed by atoms with Crippen molar-refractivity contribution in [2.45, 2.75) is 75.8 Å². The van der Waals surface area contributed by atoms with Crippen molar-refractivity contribution in [3.05, 3.63) is 126 Å². The van der Waals surface area contributed by atoms with Crippen molar-refractivity contribution < 1.29 is 22.8 Å². The number of halogens is 3. The first-order chi connectivity index (χ1) is 24.2. The number of piperidine rings is 1. The highest BCUT2D eigenvalue weighted by Gasteiger charge is 2.45. The van der Waals surface area contributed by atoms with Gasteiger partial charge in [-0.05, 0) is 84.7 Å². The van der Waals surface area contributed by atoms with E-state index in [4.69, 9.17) is 0 Å². The van der Waals surface area contributed by atoms with Crippen LogP contribution in [0, 0.1) is 0 Å². The molecule has 1 unspecified atom stereocenters. The van der Waals surface area contributed by atoms with Gasteiger partial charge in [-0.25, -0.2) is 0 Å². The van der Waals surface area contributed by atoms with Gasteiger partial charge < -0.3 is 15.2 Å². The maximum absolute atomic E-state index is 13.7. The molecule has 1 aromatic heterocycles. The van der Waals surface area contributed by atoms with E-state index in [9.17, 15) is 22.8 Å². The van der Waals surface area contributed by atoms with Gasteiger partial charge in [0, 0.05) is 24.7 Å². The number of nitrogens with one attached hydrogen (secondary N) is 2. The fourth-order valence-electron chi connectivity index (χ4n) is 7.97. The Morgan fingerprint density at radius 2 is 1.50 bits per heavy atom. The van der Waals surface area contributed by atoms with E-state index in [2.05, 4.69) is 32.2 Å². The molecule has 2 N–H and O–H groups in total. The van der Waals surface area contributed by atoms with Gasteiger partial charge in [0.05, 0.1) is 22.8 Å². The van der Waals surface area contributed by atoms with Gasteiger partial charge in [-0.2, -0.15) is 13.2 Å². The highest BCUT2D eigenvalue weighted by molar-refractivity contribution is 6.03. The Bertz CT molecular complexity index is 1940. The van der Waals surface area contributed by atoms with Gasteiger partial charge in [0.25, 0.3) is 0 Å². The van der Waals surface area contributed by atoms with Crippen LogP contribution < -0.4 is 10.6 Å². The Hall–Kier alpha value is -4.89. The van der Waals surface area contributed by atoms with Crippen LogP contribution >= 0.6 is 0 Å². The zero-order valence-corrected chi connectivity index (χ0v) is 27.9. The molecule has 1 aliphatic carbocycles. The molecule has 2 heterocycles. The number of anilines is 1. The lowest BCUT2D eigenvalue weighted by Crippen LogP contribution is -2.46. The predicted molar refractivity (Wildman–Crippen MR) is 190 cm³/mol. The molecule has 0 saturated carbocycles. The minimum Gasteiger partial charge on any atom is -0.347 e. The van der Waals surface area contributed by atoms with E-state index in [-0.39, 0.29) is 11.9 Å². The lowest BCUT2D eigenvalue weighted by atomic mass is 9.82. The summed E-state index contributed by atoms with van der Waals surface area (Å²) in [7, 11) is 0. The average molecular weight is 679 g/mol. The molecule has 50 heavy (non-hydrogen) atoms. The molecule has 1 atom stereocenters. The number of aromatic nitrogens is 1. The third kappa shape index (κ3) is 6.92. The maximum Gasteiger partial charge on any atom is 0.397 e. The number of hydrogen-bond acceptors (Lipinski definition) is 3. The van der Waals surface area contributed by atoms with Crippen LogP contribution in [0.3, 0.4) is 0 Å². The number of fused-ring (bicyclic) bond motifs is 4. The number of likely N-dealkylation sites (tertiary alicyclic amines) is 1. The minimum atomic E-state index is -4.60. The summed E-state index contributed by atoms with van der Waals surface area (Å²) in [5.74, 6) is -1.03. The molecule has 1 aliphatic heterocycles. The van der Waals surface area contributed by atoms with Crippen LogP contribution in [-0.2, 0) is 28.2 Å². The molecular weight excluding hydrogens is 637 g/mol. The molecule has 6 nitrogen and oxygen atoms in total. The zero-order chi connectivity index (χ0) is 34.7. The van der Waals surface area contributed by atoms with Gasteiger partial charge in [-0.15, -0.1) is 0 Å². The van der Waals surface area contributed by atoms with Crippen molar-refractivity contribution in [1.82, 2.24) is 14.8 Å². The van der Waals surface area contributed by atoms with Crippen molar-refractivity contribution in [3.63, 3.8) is 0 Å². The fourth-order valence-corrected chi connectivity index (χ4v) is 7.97. The predicted octanol–water partition coefficient (Wildman–Crippen LogP) is 8.80. The van der Waals surface area contributed by atoms with Gasteiger partial charge in [0.1, 0.15) is 6.42 Å². The topological polar surface area (TPSA) is 66.4 Å². The Labute approximate surface area is 290 Å². The summed E-state index contributed by atoms with van der Waals surface area (Å²) in [6, 6.07) is 33.3. The summed E-state index contributed by atoms with van der Waals surface area (Å²) in [5, 5.41) is 7.04. The first-order valence-corrected chi connectivity index (χ1v) is 17.5. The number of nitrogens with zero attached hydrogens (tertiary/aromatic N) is 2. The van der Waals surface area contributed by atoms with Crippen LogP contribution in [0.5, 0.6) is 0 Å². The van der Waals surface area contributed by atoms with E-state index >= 15 is 0 Å². The molecule has 1 fully saturated rings. The number of rotatable bonds is 11. The summed E-state index contributed by atoms with van der Waals surface area (Å²) in [5.41, 5.74) is 5.42. The highest BCUT2D eigenvalue weighted by atomic mass is 19.4. The number of aryl methyl sites for hydroxylation is 1. The quantitative estimate of drug-likeness (QED) is 0.137. The molecule has 9 heteroatoms. The largest absolute Gasteiger partial charge is 0.397 e. The fraction of sp³-hybridized carbons (Fsp3) is 0.317. The van der Waals surface area contributed by atoms with E-state index < -0.39 is 24.0 Å². The molecule has 258 valence electrons. The maximum atomic E-state index is 13.7. The Balaban J connectivity index is 1.06. The van der Waals surface area contributed by atoms with Crippen LogP contribution in [0.2, 0.25) is 0 Å². The number of alkyl halides is 3. The van der Waals surface area contributed by atoms with Gasteiger partial charge in [0.15, 0.2) is 0 Å². The zero-order valence-electron chi connectivity index (χ0n) is 27.9. The third-order valence-electron chi connectivity index (χ3n) is 10.2. The number of unbranched alkanes of at least 4 members (excludes halogenated alkanes) is 1. The number of hydrogen-bond donors (Lipinski definition) is 2. The van der Waals surface area contributed by atoms with E-state index in [0.717, 1.165) is 77.6 Å². The number of amides is 2. The van der Waals surface area contributed by atoms with Crippen molar-refractivity contribution in [2.24, 2.45) is 0 Å². The second-order valence-electron chi connectivity index (χ2n) is 13.5. The van der Waals surface area contributed by atoms with Crippen molar-refractivity contribution >= 4 is 28.4 Å². The SMILES string of the molecule is O=C(CC(F)(F)F)NC1(CCCCn2ccc3c(NC(=O)C4CCCCN4Cc4ccccc4)cccc32)c2ccccc2-c2ccccc21. The van der Waals surface area contributed by atoms with Crippen LogP contribution in [-0.4, -0.2) is 40.0 Å². The summed E-state index contributed by atoms with van der Waals surface area (Å²) < 4.78 is 42.0. The minimum absolute atomic E-state index is 0.0101. The van der Waals surface area contributed by atoms with Gasteiger partial charge in [0.2, 0.25) is 11.8 Å². The van der Waals surface area contributed by atoms with Crippen LogP contribution in [0.4, 0.5) is 18.9 Å². The van der Waals surface area contributed by atoms with E-state index in [0.29, 0.717) is 19.4 Å². The summed E-state index contributed by atoms with van der Waals surface area (Å²) in [6.07, 6.45) is 0.651. The molecule has 2 aliphatic rings. The summed E-state index contributed by atoms with van der Waals surface area (Å²) >= 11 is 0. The smallest absolute Gasteiger partial charge is 0.347 e. The van der Waals surface area contributed by atoms with Crippen LogP contribution in [0.25, 0.3) is 22.0 Å². The highest BCUT2D eigenvalue weighted by Crippen LogP contribution is 2.50. The number of carbonyl (C=O) groups excluding carboxylic acids is 2. The molecular formula is C41H41F3N4O2. The second kappa shape index (κ2) is 14.2. The Kier molecular flexibility index (Phi) is 9.51. The van der Waals surface area contributed by atoms with Gasteiger partial charge in [-0.3, -0.25) is 14.5 Å². The normalized spacial score (nSPS) is 16.9. The molecule has 2 amide bonds. The lowest BCUT2D eigenvalue weighted by Gasteiger charge is -2.34. The lowest BCUT2D eigenvalue weighted by molar-refractivity contribution is -0.155. The molecule has 0 bridgehead atoms. The second-order valence-corrected chi connectivity index (χ2v) is 13.5. The first kappa shape index (κ1) is 33.6. The Morgan fingerprint density at radius 1 is 0.800 bits per heavy atom. The van der Waals surface area contributed by atoms with E-state index in [1.807, 2.05) is 97.2 Å². The molecule has 1 saturated heterocycles. The first-order valence-electron chi connectivity index (χ1n) is 17.5. The number of benzene rings is 4. The number of carbonyl (C=O) groups is 2. The summed E-state index contributed by atoms with van der Waals surface area (Å²) in [4.78, 5) is 28.8. The van der Waals surface area contributed by atoms with E-state index in [1.54, 1.807) is 0 Å². The van der Waals surface area contributed by atoms with Crippen molar-refractivity contribution in [2.75, 3.05) is 11.9 Å². The van der Waals surface area contributed by atoms with E-state index in [1.165, 1.54) is 5.56 Å². The third-order valence-corrected chi connectivity index (χ3v) is 10.2. The molecule has 7 rings (SSSR count). The van der Waals surface area contributed by atoms with Crippen molar-refractivity contribution in [1.29, 1.82) is 0 Å². The Morgan fingerprint density at radius 3 is 2.22 bits per heavy atom. The standard InChI is InChI=1S/C41H41F3N4O2/c42-41(43,44)27-38(49)46-40(33-17-6-4-15-30(33)31-16-5-7-18-34(31)40)23-9-11-24-47-26-22-32-35(19-12-21-36(32)47)45-39(50)37-20-8-10-25-48(37)28-29-13-2-1-3-14-29/h1-7,12-19,21-22,26,37H,8-11,20,23-25,27-28H2,(H,45,50)(H,46,49). The monoisotopic (exact) mass is 678 g/mol.